The molecule has 0 amide bonds. The third-order valence-electron chi connectivity index (χ3n) is 2.94. The van der Waals surface area contributed by atoms with Gasteiger partial charge in [0.05, 0.1) is 27.8 Å². The molecule has 1 N–H and O–H groups in total. The predicted octanol–water partition coefficient (Wildman–Crippen LogP) is 0.277. The standard InChI is InChI=1S/C10H11ClN2O6S2/c11-7-5-20(16,17)6-8(7)12-21(18,19)10-4-2-1-3-9(10)13(14)15/h1-4,7-8,12H,5-6H2. The number of para-hydroxylation sites is 1. The third-order valence-corrected chi connectivity index (χ3v) is 6.85. The SMILES string of the molecule is O=[N+]([O-])c1ccccc1S(=O)(=O)NC1CS(=O)(=O)CC1Cl. The number of alkyl halides is 1. The second-order valence-corrected chi connectivity index (χ2v) is 8.94. The van der Waals surface area contributed by atoms with Crippen molar-refractivity contribution in [1.82, 2.24) is 4.72 Å². The van der Waals surface area contributed by atoms with E-state index in [1.165, 1.54) is 12.1 Å². The zero-order valence-electron chi connectivity index (χ0n) is 10.5. The lowest BCUT2D eigenvalue weighted by atomic mass is 10.3. The van der Waals surface area contributed by atoms with Crippen molar-refractivity contribution in [2.45, 2.75) is 16.3 Å². The molecule has 0 spiro atoms. The number of sulfonamides is 1. The molecule has 11 heteroatoms. The molecule has 116 valence electrons. The van der Waals surface area contributed by atoms with E-state index in [4.69, 9.17) is 11.6 Å². The topological polar surface area (TPSA) is 123 Å². The first kappa shape index (κ1) is 16.1. The molecule has 1 aliphatic rings. The fourth-order valence-corrected chi connectivity index (χ4v) is 6.19. The molecule has 1 aliphatic heterocycles. The first-order valence-electron chi connectivity index (χ1n) is 5.73. The van der Waals surface area contributed by atoms with Crippen molar-refractivity contribution in [1.29, 1.82) is 0 Å². The molecular weight excluding hydrogens is 344 g/mol. The number of hydrogen-bond acceptors (Lipinski definition) is 6. The van der Waals surface area contributed by atoms with Crippen molar-refractivity contribution in [3.05, 3.63) is 34.4 Å². The molecule has 21 heavy (non-hydrogen) atoms. The van der Waals surface area contributed by atoms with E-state index >= 15 is 0 Å². The molecule has 0 bridgehead atoms. The molecular formula is C10H11ClN2O6S2. The van der Waals surface area contributed by atoms with E-state index in [1.807, 2.05) is 0 Å². The van der Waals surface area contributed by atoms with Crippen LogP contribution in [0.3, 0.4) is 0 Å². The van der Waals surface area contributed by atoms with E-state index in [9.17, 15) is 26.9 Å². The first-order valence-corrected chi connectivity index (χ1v) is 9.47. The van der Waals surface area contributed by atoms with Crippen LogP contribution in [0.1, 0.15) is 0 Å². The summed E-state index contributed by atoms with van der Waals surface area (Å²) in [7, 11) is -7.66. The van der Waals surface area contributed by atoms with Crippen LogP contribution in [0.4, 0.5) is 5.69 Å². The van der Waals surface area contributed by atoms with Crippen LogP contribution in [0, 0.1) is 10.1 Å². The molecule has 1 aromatic rings. The number of sulfone groups is 1. The largest absolute Gasteiger partial charge is 0.289 e. The molecule has 0 aromatic heterocycles. The quantitative estimate of drug-likeness (QED) is 0.470. The van der Waals surface area contributed by atoms with Gasteiger partial charge >= 0.3 is 0 Å². The van der Waals surface area contributed by atoms with Gasteiger partial charge in [0.25, 0.3) is 5.69 Å². The highest BCUT2D eigenvalue weighted by atomic mass is 35.5. The minimum Gasteiger partial charge on any atom is -0.258 e. The first-order chi connectivity index (χ1) is 9.62. The van der Waals surface area contributed by atoms with Gasteiger partial charge in [0, 0.05) is 6.07 Å². The van der Waals surface area contributed by atoms with E-state index in [-0.39, 0.29) is 5.75 Å². The van der Waals surface area contributed by atoms with Gasteiger partial charge in [-0.1, -0.05) is 12.1 Å². The maximum Gasteiger partial charge on any atom is 0.289 e. The molecule has 0 radical (unpaired) electrons. The number of nitrogens with zero attached hydrogens (tertiary/aromatic N) is 1. The van der Waals surface area contributed by atoms with Crippen molar-refractivity contribution in [3.8, 4) is 0 Å². The lowest BCUT2D eigenvalue weighted by molar-refractivity contribution is -0.387. The van der Waals surface area contributed by atoms with Gasteiger partial charge in [0.15, 0.2) is 14.7 Å². The summed E-state index contributed by atoms with van der Waals surface area (Å²) in [6, 6.07) is 3.79. The van der Waals surface area contributed by atoms with Crippen LogP contribution in [0.5, 0.6) is 0 Å². The van der Waals surface area contributed by atoms with Crippen LogP contribution < -0.4 is 4.72 Å². The van der Waals surface area contributed by atoms with Crippen LogP contribution in [0.25, 0.3) is 0 Å². The number of rotatable bonds is 4. The molecule has 0 aliphatic carbocycles. The zero-order valence-corrected chi connectivity index (χ0v) is 12.9. The van der Waals surface area contributed by atoms with Gasteiger partial charge in [-0.2, -0.15) is 0 Å². The minimum absolute atomic E-state index is 0.335. The second-order valence-electron chi connectivity index (χ2n) is 4.55. The molecule has 2 unspecified atom stereocenters. The molecule has 1 fully saturated rings. The Morgan fingerprint density at radius 1 is 1.29 bits per heavy atom. The Bertz CT molecular complexity index is 776. The van der Waals surface area contributed by atoms with Gasteiger partial charge in [-0.3, -0.25) is 10.1 Å². The highest BCUT2D eigenvalue weighted by molar-refractivity contribution is 7.92. The molecule has 0 saturated carbocycles. The van der Waals surface area contributed by atoms with Gasteiger partial charge in [-0.05, 0) is 6.07 Å². The van der Waals surface area contributed by atoms with E-state index in [0.29, 0.717) is 0 Å². The fraction of sp³-hybridized carbons (Fsp3) is 0.400. The average Bonchev–Trinajstić information content (AvgIpc) is 2.61. The van der Waals surface area contributed by atoms with E-state index in [0.717, 1.165) is 12.1 Å². The normalized spacial score (nSPS) is 24.8. The lowest BCUT2D eigenvalue weighted by Crippen LogP contribution is -2.40. The summed E-state index contributed by atoms with van der Waals surface area (Å²) >= 11 is 5.82. The van der Waals surface area contributed by atoms with Crippen LogP contribution >= 0.6 is 11.6 Å². The third kappa shape index (κ3) is 3.51. The number of halogens is 1. The van der Waals surface area contributed by atoms with Crippen molar-refractivity contribution in [2.24, 2.45) is 0 Å². The van der Waals surface area contributed by atoms with Gasteiger partial charge in [-0.15, -0.1) is 11.6 Å². The van der Waals surface area contributed by atoms with Gasteiger partial charge in [-0.25, -0.2) is 21.6 Å². The molecule has 1 heterocycles. The van der Waals surface area contributed by atoms with Crippen molar-refractivity contribution >= 4 is 37.1 Å². The molecule has 8 nitrogen and oxygen atoms in total. The van der Waals surface area contributed by atoms with Crippen molar-refractivity contribution in [2.75, 3.05) is 11.5 Å². The summed E-state index contributed by atoms with van der Waals surface area (Å²) in [5.74, 6) is -0.764. The number of benzene rings is 1. The second kappa shape index (κ2) is 5.52. The van der Waals surface area contributed by atoms with Crippen LogP contribution in [-0.4, -0.2) is 44.7 Å². The average molecular weight is 355 g/mol. The predicted molar refractivity (Wildman–Crippen MR) is 75.5 cm³/mol. The Balaban J connectivity index is 2.34. The maximum atomic E-state index is 12.2. The Morgan fingerprint density at radius 2 is 1.90 bits per heavy atom. The summed E-state index contributed by atoms with van der Waals surface area (Å²) in [5, 5.41) is 9.95. The van der Waals surface area contributed by atoms with Gasteiger partial charge < -0.3 is 0 Å². The summed E-state index contributed by atoms with van der Waals surface area (Å²) in [5.41, 5.74) is -0.586. The summed E-state index contributed by atoms with van der Waals surface area (Å²) < 4.78 is 49.4. The Hall–Kier alpha value is -1.23. The monoisotopic (exact) mass is 354 g/mol. The van der Waals surface area contributed by atoms with Crippen LogP contribution in [0.2, 0.25) is 0 Å². The molecule has 2 rings (SSSR count). The summed E-state index contributed by atoms with van der Waals surface area (Å²) in [6.07, 6.45) is 0. The van der Waals surface area contributed by atoms with Crippen molar-refractivity contribution in [3.63, 3.8) is 0 Å². The summed E-state index contributed by atoms with van der Waals surface area (Å²) in [4.78, 5) is 9.52. The Kier molecular flexibility index (Phi) is 4.24. The number of nitro benzene ring substituents is 1. The summed E-state index contributed by atoms with van der Waals surface area (Å²) in [6.45, 7) is 0. The Morgan fingerprint density at radius 3 is 2.43 bits per heavy atom. The van der Waals surface area contributed by atoms with E-state index in [2.05, 4.69) is 4.72 Å². The Labute approximate surface area is 126 Å². The molecule has 1 saturated heterocycles. The van der Waals surface area contributed by atoms with Crippen LogP contribution in [-0.2, 0) is 19.9 Å². The highest BCUT2D eigenvalue weighted by Crippen LogP contribution is 2.25. The molecule has 2 atom stereocenters. The molecule has 1 aromatic carbocycles. The van der Waals surface area contributed by atoms with Crippen LogP contribution in [0.15, 0.2) is 29.2 Å². The zero-order chi connectivity index (χ0) is 15.8. The van der Waals surface area contributed by atoms with Gasteiger partial charge in [0.2, 0.25) is 10.0 Å². The number of nitrogens with one attached hydrogen (secondary N) is 1. The fourth-order valence-electron chi connectivity index (χ4n) is 2.01. The van der Waals surface area contributed by atoms with Gasteiger partial charge in [0.1, 0.15) is 0 Å². The number of nitro groups is 1. The highest BCUT2D eigenvalue weighted by Gasteiger charge is 2.40. The minimum atomic E-state index is -4.24. The van der Waals surface area contributed by atoms with E-state index < -0.39 is 52.5 Å². The maximum absolute atomic E-state index is 12.2. The van der Waals surface area contributed by atoms with E-state index in [1.54, 1.807) is 0 Å². The van der Waals surface area contributed by atoms with Crippen molar-refractivity contribution < 1.29 is 21.8 Å². The smallest absolute Gasteiger partial charge is 0.258 e. The number of hydrogen-bond donors (Lipinski definition) is 1. The lowest BCUT2D eigenvalue weighted by Gasteiger charge is -2.14.